The van der Waals surface area contributed by atoms with Gasteiger partial charge in [-0.3, -0.25) is 14.9 Å². The summed E-state index contributed by atoms with van der Waals surface area (Å²) in [5.74, 6) is -0.675. The Morgan fingerprint density at radius 1 is 1.21 bits per heavy atom. The van der Waals surface area contributed by atoms with Crippen LogP contribution in [0.2, 0.25) is 0 Å². The molecule has 0 bridgehead atoms. The quantitative estimate of drug-likeness (QED) is 0.671. The number of carbonyl (C=O) groups excluding carboxylic acids is 3. The van der Waals surface area contributed by atoms with Crippen LogP contribution in [-0.2, 0) is 20.7 Å². The van der Waals surface area contributed by atoms with Crippen molar-refractivity contribution in [3.05, 3.63) is 29.3 Å². The Bertz CT molecular complexity index is 833. The molecule has 2 aromatic rings. The first-order valence-corrected chi connectivity index (χ1v) is 10.9. The fourth-order valence-electron chi connectivity index (χ4n) is 3.53. The van der Waals surface area contributed by atoms with E-state index in [4.69, 9.17) is 4.74 Å². The van der Waals surface area contributed by atoms with Crippen LogP contribution in [0.25, 0.3) is 10.2 Å². The molecule has 1 fully saturated rings. The summed E-state index contributed by atoms with van der Waals surface area (Å²) < 4.78 is 6.09. The number of esters is 1. The molecule has 2 atom stereocenters. The van der Waals surface area contributed by atoms with E-state index >= 15 is 0 Å². The van der Waals surface area contributed by atoms with Crippen LogP contribution in [-0.4, -0.2) is 35.5 Å². The van der Waals surface area contributed by atoms with Crippen molar-refractivity contribution in [2.45, 2.75) is 57.9 Å². The van der Waals surface area contributed by atoms with Crippen molar-refractivity contribution < 1.29 is 19.1 Å². The number of fused-ring (bicyclic) bond motifs is 1. The highest BCUT2D eigenvalue weighted by atomic mass is 32.1. The molecular formula is C21H27N3O4S. The topological polar surface area (TPSA) is 97.4 Å². The maximum absolute atomic E-state index is 11.9. The largest absolute Gasteiger partial charge is 0.456 e. The van der Waals surface area contributed by atoms with Gasteiger partial charge in [-0.15, -0.1) is 11.3 Å². The summed E-state index contributed by atoms with van der Waals surface area (Å²) in [6.07, 6.45) is 5.74. The van der Waals surface area contributed by atoms with Gasteiger partial charge in [0.15, 0.2) is 6.61 Å². The SMILES string of the molecule is C[C@@H]1CCCC[C@@H]1NC(=O)NC(=O)COC(=O)CCCc1nc2ccccc2s1. The van der Waals surface area contributed by atoms with E-state index in [0.29, 0.717) is 18.8 Å². The smallest absolute Gasteiger partial charge is 0.321 e. The lowest BCUT2D eigenvalue weighted by Gasteiger charge is -2.29. The molecule has 1 aliphatic rings. The molecule has 1 heterocycles. The molecule has 2 N–H and O–H groups in total. The number of thiazole rings is 1. The first-order valence-electron chi connectivity index (χ1n) is 10.1. The molecule has 0 unspecified atom stereocenters. The molecule has 1 aromatic heterocycles. The standard InChI is InChI=1S/C21H27N3O4S/c1-14-7-2-3-8-15(14)23-21(27)24-18(25)13-28-20(26)12-6-11-19-22-16-9-4-5-10-17(16)29-19/h4-5,9-10,14-15H,2-3,6-8,11-13H2,1H3,(H2,23,24,25,27)/t14-,15+/m1/s1. The molecule has 3 amide bonds. The number of nitrogens with zero attached hydrogens (tertiary/aromatic N) is 1. The molecule has 156 valence electrons. The Hall–Kier alpha value is -2.48. The summed E-state index contributed by atoms with van der Waals surface area (Å²) in [6, 6.07) is 7.47. The van der Waals surface area contributed by atoms with Crippen molar-refractivity contribution in [2.24, 2.45) is 5.92 Å². The average Bonchev–Trinajstić information content (AvgIpc) is 3.11. The van der Waals surface area contributed by atoms with E-state index in [9.17, 15) is 14.4 Å². The van der Waals surface area contributed by atoms with E-state index < -0.39 is 24.5 Å². The molecule has 8 heteroatoms. The summed E-state index contributed by atoms with van der Waals surface area (Å²) in [4.78, 5) is 40.1. The van der Waals surface area contributed by atoms with Crippen molar-refractivity contribution in [2.75, 3.05) is 6.61 Å². The van der Waals surface area contributed by atoms with E-state index in [0.717, 1.165) is 34.5 Å². The molecule has 3 rings (SSSR count). The predicted molar refractivity (Wildman–Crippen MR) is 112 cm³/mol. The lowest BCUT2D eigenvalue weighted by atomic mass is 9.86. The second-order valence-electron chi connectivity index (χ2n) is 7.48. The zero-order valence-electron chi connectivity index (χ0n) is 16.6. The van der Waals surface area contributed by atoms with Gasteiger partial charge in [-0.1, -0.05) is 31.9 Å². The normalized spacial score (nSPS) is 18.9. The minimum atomic E-state index is -0.620. The maximum atomic E-state index is 11.9. The number of nitrogens with one attached hydrogen (secondary N) is 2. The number of rotatable bonds is 7. The highest BCUT2D eigenvalue weighted by Gasteiger charge is 2.23. The number of carbonyl (C=O) groups is 3. The first-order chi connectivity index (χ1) is 14.0. The molecule has 0 spiro atoms. The fraction of sp³-hybridized carbons (Fsp3) is 0.524. The molecule has 0 radical (unpaired) electrons. The van der Waals surface area contributed by atoms with Crippen LogP contribution < -0.4 is 10.6 Å². The van der Waals surface area contributed by atoms with Crippen LogP contribution in [0.3, 0.4) is 0 Å². The van der Waals surface area contributed by atoms with E-state index in [-0.39, 0.29) is 12.5 Å². The van der Waals surface area contributed by atoms with Gasteiger partial charge in [-0.25, -0.2) is 9.78 Å². The number of aryl methyl sites for hydroxylation is 1. The Labute approximate surface area is 174 Å². The molecular weight excluding hydrogens is 390 g/mol. The highest BCUT2D eigenvalue weighted by molar-refractivity contribution is 7.18. The third kappa shape index (κ3) is 6.52. The Kier molecular flexibility index (Phi) is 7.57. The number of amides is 3. The van der Waals surface area contributed by atoms with E-state index in [2.05, 4.69) is 22.5 Å². The van der Waals surface area contributed by atoms with Crippen LogP contribution in [0.4, 0.5) is 4.79 Å². The van der Waals surface area contributed by atoms with E-state index in [1.54, 1.807) is 11.3 Å². The molecule has 0 aliphatic heterocycles. The van der Waals surface area contributed by atoms with Gasteiger partial charge in [0.05, 0.1) is 15.2 Å². The van der Waals surface area contributed by atoms with E-state index in [1.165, 1.54) is 6.42 Å². The number of imide groups is 1. The maximum Gasteiger partial charge on any atom is 0.321 e. The molecule has 1 saturated carbocycles. The van der Waals surface area contributed by atoms with Crippen molar-refractivity contribution in [3.63, 3.8) is 0 Å². The second-order valence-corrected chi connectivity index (χ2v) is 8.59. The number of urea groups is 1. The minimum absolute atomic E-state index is 0.0848. The van der Waals surface area contributed by atoms with Crippen LogP contribution in [0.5, 0.6) is 0 Å². The van der Waals surface area contributed by atoms with Crippen LogP contribution in [0.1, 0.15) is 50.5 Å². The summed E-state index contributed by atoms with van der Waals surface area (Å²) in [5, 5.41) is 6.04. The highest BCUT2D eigenvalue weighted by Crippen LogP contribution is 2.24. The molecule has 7 nitrogen and oxygen atoms in total. The zero-order valence-corrected chi connectivity index (χ0v) is 17.4. The van der Waals surface area contributed by atoms with Crippen LogP contribution in [0.15, 0.2) is 24.3 Å². The van der Waals surface area contributed by atoms with Gasteiger partial charge in [0.2, 0.25) is 0 Å². The molecule has 29 heavy (non-hydrogen) atoms. The van der Waals surface area contributed by atoms with Crippen molar-refractivity contribution >= 4 is 39.5 Å². The van der Waals surface area contributed by atoms with Gasteiger partial charge in [0.1, 0.15) is 0 Å². The number of hydrogen-bond donors (Lipinski definition) is 2. The third-order valence-corrected chi connectivity index (χ3v) is 6.25. The van der Waals surface area contributed by atoms with Gasteiger partial charge >= 0.3 is 12.0 Å². The summed E-state index contributed by atoms with van der Waals surface area (Å²) >= 11 is 1.62. The number of benzene rings is 1. The first kappa shape index (κ1) is 21.2. The summed E-state index contributed by atoms with van der Waals surface area (Å²) in [7, 11) is 0. The third-order valence-electron chi connectivity index (χ3n) is 5.15. The lowest BCUT2D eigenvalue weighted by Crippen LogP contribution is -2.48. The van der Waals surface area contributed by atoms with Crippen molar-refractivity contribution in [3.8, 4) is 0 Å². The molecule has 1 aromatic carbocycles. The number of hydrogen-bond acceptors (Lipinski definition) is 6. The number of ether oxygens (including phenoxy) is 1. The van der Waals surface area contributed by atoms with Crippen molar-refractivity contribution in [1.29, 1.82) is 0 Å². The van der Waals surface area contributed by atoms with Crippen LogP contribution >= 0.6 is 11.3 Å². The van der Waals surface area contributed by atoms with E-state index in [1.807, 2.05) is 24.3 Å². The Balaban J connectivity index is 1.31. The Morgan fingerprint density at radius 2 is 2.00 bits per heavy atom. The Morgan fingerprint density at radius 3 is 2.79 bits per heavy atom. The summed E-state index contributed by atoms with van der Waals surface area (Å²) in [6.45, 7) is 1.65. The van der Waals surface area contributed by atoms with Gasteiger partial charge in [-0.2, -0.15) is 0 Å². The lowest BCUT2D eigenvalue weighted by molar-refractivity contribution is -0.148. The minimum Gasteiger partial charge on any atom is -0.456 e. The number of para-hydroxylation sites is 1. The van der Waals surface area contributed by atoms with Gasteiger partial charge in [0.25, 0.3) is 5.91 Å². The molecule has 1 aliphatic carbocycles. The predicted octanol–water partition coefficient (Wildman–Crippen LogP) is 3.57. The average molecular weight is 418 g/mol. The van der Waals surface area contributed by atoms with Gasteiger partial charge in [-0.05, 0) is 43.7 Å². The van der Waals surface area contributed by atoms with Crippen LogP contribution in [0, 0.1) is 5.92 Å². The van der Waals surface area contributed by atoms with Gasteiger partial charge < -0.3 is 10.1 Å². The monoisotopic (exact) mass is 417 g/mol. The molecule has 0 saturated heterocycles. The second kappa shape index (κ2) is 10.3. The zero-order chi connectivity index (χ0) is 20.6. The fourth-order valence-corrected chi connectivity index (χ4v) is 4.54. The van der Waals surface area contributed by atoms with Crippen molar-refractivity contribution in [1.82, 2.24) is 15.6 Å². The number of aromatic nitrogens is 1. The summed E-state index contributed by atoms with van der Waals surface area (Å²) in [5.41, 5.74) is 0.965. The van der Waals surface area contributed by atoms with Gasteiger partial charge in [0, 0.05) is 12.5 Å².